The van der Waals surface area contributed by atoms with E-state index in [1.807, 2.05) is 12.3 Å². The molecule has 0 bridgehead atoms. The molecule has 8 aromatic carbocycles. The summed E-state index contributed by atoms with van der Waals surface area (Å²) in [6.45, 7) is 0. The summed E-state index contributed by atoms with van der Waals surface area (Å²) in [5, 5.41) is 8.04. The fraction of sp³-hybridized carbons (Fsp3) is 0. The molecule has 0 aliphatic rings. The average Bonchev–Trinajstić information content (AvgIpc) is 3.76. The second kappa shape index (κ2) is 10.6. The monoisotopic (exact) mass is 612 g/mol. The van der Waals surface area contributed by atoms with Gasteiger partial charge in [-0.25, -0.2) is 0 Å². The van der Waals surface area contributed by atoms with E-state index >= 15 is 0 Å². The van der Waals surface area contributed by atoms with Gasteiger partial charge in [-0.1, -0.05) is 140 Å². The van der Waals surface area contributed by atoms with Crippen molar-refractivity contribution in [2.75, 3.05) is 0 Å². The largest absolute Gasteiger partial charge is 0.463 e. The highest BCUT2D eigenvalue weighted by molar-refractivity contribution is 6.24. The lowest BCUT2D eigenvalue weighted by atomic mass is 9.83. The minimum atomic E-state index is 0.825. The number of furan rings is 2. The van der Waals surface area contributed by atoms with E-state index in [4.69, 9.17) is 8.83 Å². The van der Waals surface area contributed by atoms with Crippen molar-refractivity contribution in [3.63, 3.8) is 0 Å². The van der Waals surface area contributed by atoms with Crippen molar-refractivity contribution in [3.8, 4) is 44.5 Å². The molecule has 0 saturated heterocycles. The molecule has 0 saturated carbocycles. The SMILES string of the molecule is c1ccc(-c2ccccc2-c2c3ccccc3c(-c3ccc4oc5ccc6c(-c7ccccc7)coc6c5c4c3)c3ccccc23)cc1. The molecule has 10 rings (SSSR count). The molecule has 48 heavy (non-hydrogen) atoms. The normalized spacial score (nSPS) is 11.8. The van der Waals surface area contributed by atoms with Gasteiger partial charge in [-0.3, -0.25) is 0 Å². The molecule has 2 aromatic heterocycles. The van der Waals surface area contributed by atoms with Crippen molar-refractivity contribution >= 4 is 54.5 Å². The lowest BCUT2D eigenvalue weighted by Gasteiger charge is -2.19. The first-order valence-electron chi connectivity index (χ1n) is 16.3. The summed E-state index contributed by atoms with van der Waals surface area (Å²) in [6, 6.07) is 58.3. The molecule has 2 nitrogen and oxygen atoms in total. The molecule has 0 atom stereocenters. The van der Waals surface area contributed by atoms with Crippen molar-refractivity contribution in [1.29, 1.82) is 0 Å². The van der Waals surface area contributed by atoms with Crippen LogP contribution < -0.4 is 0 Å². The standard InChI is InChI=1S/C46H28O2/c1-3-13-29(14-4-1)32-17-7-8-18-33(32)44-36-21-11-9-19-34(36)43(35-20-10-12-22-37(35)44)31-23-25-41-39(27-31)45-42(48-41)26-24-38-40(28-47-46(38)45)30-15-5-2-6-16-30/h1-28H. The molecule has 0 N–H and O–H groups in total. The molecule has 0 aliphatic heterocycles. The third-order valence-electron chi connectivity index (χ3n) is 9.76. The molecule has 0 aliphatic carbocycles. The number of fused-ring (bicyclic) bond motifs is 7. The number of hydrogen-bond acceptors (Lipinski definition) is 2. The Bertz CT molecular complexity index is 2760. The summed E-state index contributed by atoms with van der Waals surface area (Å²) in [7, 11) is 0. The Kier molecular flexibility index (Phi) is 5.91. The Hall–Kier alpha value is -6.38. The molecular weight excluding hydrogens is 585 g/mol. The van der Waals surface area contributed by atoms with Gasteiger partial charge < -0.3 is 8.83 Å². The smallest absolute Gasteiger partial charge is 0.146 e. The highest BCUT2D eigenvalue weighted by atomic mass is 16.3. The fourth-order valence-corrected chi connectivity index (χ4v) is 7.65. The van der Waals surface area contributed by atoms with E-state index in [1.54, 1.807) is 0 Å². The minimum absolute atomic E-state index is 0.825. The minimum Gasteiger partial charge on any atom is -0.463 e. The van der Waals surface area contributed by atoms with Crippen molar-refractivity contribution in [1.82, 2.24) is 0 Å². The van der Waals surface area contributed by atoms with Crippen LogP contribution in [0.4, 0.5) is 0 Å². The van der Waals surface area contributed by atoms with Crippen LogP contribution in [0.15, 0.2) is 179 Å². The summed E-state index contributed by atoms with van der Waals surface area (Å²) in [4.78, 5) is 0. The maximum Gasteiger partial charge on any atom is 0.146 e. The van der Waals surface area contributed by atoms with Crippen LogP contribution in [-0.4, -0.2) is 0 Å². The van der Waals surface area contributed by atoms with Crippen molar-refractivity contribution in [2.24, 2.45) is 0 Å². The van der Waals surface area contributed by atoms with Gasteiger partial charge in [0.1, 0.15) is 16.7 Å². The topological polar surface area (TPSA) is 26.3 Å². The Morgan fingerprint density at radius 3 is 1.54 bits per heavy atom. The first kappa shape index (κ1) is 26.8. The van der Waals surface area contributed by atoms with Crippen LogP contribution in [0.3, 0.4) is 0 Å². The molecule has 0 amide bonds. The molecule has 0 unspecified atom stereocenters. The van der Waals surface area contributed by atoms with Crippen molar-refractivity contribution < 1.29 is 8.83 Å². The Morgan fingerprint density at radius 1 is 0.333 bits per heavy atom. The second-order valence-corrected chi connectivity index (χ2v) is 12.4. The zero-order valence-corrected chi connectivity index (χ0v) is 26.0. The zero-order valence-electron chi connectivity index (χ0n) is 26.0. The number of rotatable bonds is 4. The van der Waals surface area contributed by atoms with Gasteiger partial charge in [-0.15, -0.1) is 0 Å². The fourth-order valence-electron chi connectivity index (χ4n) is 7.65. The zero-order chi connectivity index (χ0) is 31.6. The van der Waals surface area contributed by atoms with Crippen LogP contribution in [-0.2, 0) is 0 Å². The highest BCUT2D eigenvalue weighted by Crippen LogP contribution is 2.47. The van der Waals surface area contributed by atoms with Gasteiger partial charge >= 0.3 is 0 Å². The van der Waals surface area contributed by atoms with E-state index in [-0.39, 0.29) is 0 Å². The Morgan fingerprint density at radius 2 is 0.875 bits per heavy atom. The van der Waals surface area contributed by atoms with Crippen LogP contribution in [0.5, 0.6) is 0 Å². The van der Waals surface area contributed by atoms with Gasteiger partial charge in [0, 0.05) is 16.3 Å². The highest BCUT2D eigenvalue weighted by Gasteiger charge is 2.21. The third-order valence-corrected chi connectivity index (χ3v) is 9.76. The lowest BCUT2D eigenvalue weighted by Crippen LogP contribution is -1.92. The Balaban J connectivity index is 1.26. The molecule has 0 spiro atoms. The van der Waals surface area contributed by atoms with Crippen LogP contribution in [0.2, 0.25) is 0 Å². The van der Waals surface area contributed by atoms with Crippen molar-refractivity contribution in [2.45, 2.75) is 0 Å². The number of hydrogen-bond donors (Lipinski definition) is 0. The Labute approximate surface area is 277 Å². The van der Waals surface area contributed by atoms with Gasteiger partial charge in [-0.05, 0) is 84.8 Å². The summed E-state index contributed by atoms with van der Waals surface area (Å²) >= 11 is 0. The summed E-state index contributed by atoms with van der Waals surface area (Å²) in [5.74, 6) is 0. The first-order valence-corrected chi connectivity index (χ1v) is 16.3. The quantitative estimate of drug-likeness (QED) is 0.185. The predicted molar refractivity (Wildman–Crippen MR) is 200 cm³/mol. The van der Waals surface area contributed by atoms with Gasteiger partial charge in [0.15, 0.2) is 0 Å². The van der Waals surface area contributed by atoms with E-state index in [2.05, 4.69) is 158 Å². The van der Waals surface area contributed by atoms with E-state index in [0.29, 0.717) is 0 Å². The molecular formula is C46H28O2. The van der Waals surface area contributed by atoms with Crippen LogP contribution in [0, 0.1) is 0 Å². The van der Waals surface area contributed by atoms with Gasteiger partial charge in [0.05, 0.1) is 11.6 Å². The maximum absolute atomic E-state index is 6.41. The maximum atomic E-state index is 6.41. The van der Waals surface area contributed by atoms with Gasteiger partial charge in [-0.2, -0.15) is 0 Å². The molecule has 224 valence electrons. The van der Waals surface area contributed by atoms with Gasteiger partial charge in [0.2, 0.25) is 0 Å². The second-order valence-electron chi connectivity index (χ2n) is 12.4. The average molecular weight is 613 g/mol. The molecule has 2 heteroatoms. The molecule has 2 heterocycles. The summed E-state index contributed by atoms with van der Waals surface area (Å²) in [6.07, 6.45) is 1.87. The molecule has 0 radical (unpaired) electrons. The lowest BCUT2D eigenvalue weighted by molar-refractivity contribution is 0.619. The van der Waals surface area contributed by atoms with Gasteiger partial charge in [0.25, 0.3) is 0 Å². The van der Waals surface area contributed by atoms with E-state index in [1.165, 1.54) is 49.4 Å². The number of benzene rings is 8. The van der Waals surface area contributed by atoms with E-state index in [9.17, 15) is 0 Å². The van der Waals surface area contributed by atoms with Crippen molar-refractivity contribution in [3.05, 3.63) is 170 Å². The van der Waals surface area contributed by atoms with E-state index in [0.717, 1.165) is 49.6 Å². The summed E-state index contributed by atoms with van der Waals surface area (Å²) in [5.41, 5.74) is 12.0. The van der Waals surface area contributed by atoms with Crippen LogP contribution in [0.1, 0.15) is 0 Å². The molecule has 0 fully saturated rings. The van der Waals surface area contributed by atoms with Crippen LogP contribution >= 0.6 is 0 Å². The summed E-state index contributed by atoms with van der Waals surface area (Å²) < 4.78 is 12.7. The predicted octanol–water partition coefficient (Wildman–Crippen LogP) is 13.3. The van der Waals surface area contributed by atoms with E-state index < -0.39 is 0 Å². The third kappa shape index (κ3) is 4.00. The first-order chi connectivity index (χ1) is 23.8. The molecule has 10 aromatic rings. The van der Waals surface area contributed by atoms with Crippen LogP contribution in [0.25, 0.3) is 99.0 Å².